The average molecular weight is 350 g/mol. The van der Waals surface area contributed by atoms with E-state index in [0.29, 0.717) is 6.54 Å². The van der Waals surface area contributed by atoms with Crippen LogP contribution in [0.2, 0.25) is 0 Å². The average Bonchev–Trinajstić information content (AvgIpc) is 3.01. The number of ether oxygens (including phenoxy) is 1. The maximum atomic E-state index is 13.1. The fourth-order valence-corrected chi connectivity index (χ4v) is 3.53. The van der Waals surface area contributed by atoms with Crippen molar-refractivity contribution in [3.63, 3.8) is 0 Å². The van der Waals surface area contributed by atoms with Gasteiger partial charge in [0.15, 0.2) is 5.78 Å². The molecule has 1 unspecified atom stereocenters. The first-order valence-electron chi connectivity index (χ1n) is 9.03. The lowest BCUT2D eigenvalue weighted by Crippen LogP contribution is -2.32. The minimum Gasteiger partial charge on any atom is -0.497 e. The lowest BCUT2D eigenvalue weighted by molar-refractivity contribution is 0.0905. The number of aromatic nitrogens is 1. The Kier molecular flexibility index (Phi) is 5.43. The highest BCUT2D eigenvalue weighted by molar-refractivity contribution is 6.10. The fraction of sp³-hybridized carbons (Fsp3) is 0.318. The Labute approximate surface area is 154 Å². The SMILES string of the molecule is CCN(CC(=O)c1c(C)[nH]c2ccccc12)C(C)c1cccc(OC)c1. The normalized spacial score (nSPS) is 12.5. The third-order valence-corrected chi connectivity index (χ3v) is 5.05. The number of hydrogen-bond acceptors (Lipinski definition) is 3. The molecule has 4 heteroatoms. The van der Waals surface area contributed by atoms with Crippen LogP contribution >= 0.6 is 0 Å². The Bertz CT molecular complexity index is 913. The highest BCUT2D eigenvalue weighted by Gasteiger charge is 2.22. The number of fused-ring (bicyclic) bond motifs is 1. The molecule has 1 heterocycles. The molecular formula is C22H26N2O2. The number of Topliss-reactive ketones (excluding diaryl/α,β-unsaturated/α-hetero) is 1. The van der Waals surface area contributed by atoms with Crippen molar-refractivity contribution in [1.82, 2.24) is 9.88 Å². The van der Waals surface area contributed by atoms with Crippen LogP contribution < -0.4 is 4.74 Å². The Morgan fingerprint density at radius 1 is 1.19 bits per heavy atom. The maximum absolute atomic E-state index is 13.1. The number of methoxy groups -OCH3 is 1. The molecular weight excluding hydrogens is 324 g/mol. The molecule has 0 amide bonds. The summed E-state index contributed by atoms with van der Waals surface area (Å²) in [6.07, 6.45) is 0. The van der Waals surface area contributed by atoms with Gasteiger partial charge in [-0.3, -0.25) is 9.69 Å². The number of carbonyl (C=O) groups excluding carboxylic acids is 1. The van der Waals surface area contributed by atoms with Crippen molar-refractivity contribution in [2.24, 2.45) is 0 Å². The molecule has 1 N–H and O–H groups in total. The van der Waals surface area contributed by atoms with E-state index >= 15 is 0 Å². The zero-order chi connectivity index (χ0) is 18.7. The van der Waals surface area contributed by atoms with Crippen molar-refractivity contribution in [3.8, 4) is 5.75 Å². The number of nitrogens with one attached hydrogen (secondary N) is 1. The number of ketones is 1. The van der Waals surface area contributed by atoms with E-state index in [-0.39, 0.29) is 11.8 Å². The summed E-state index contributed by atoms with van der Waals surface area (Å²) >= 11 is 0. The lowest BCUT2D eigenvalue weighted by Gasteiger charge is -2.27. The standard InChI is InChI=1S/C22H26N2O2/c1-5-24(16(3)17-9-8-10-18(13-17)26-4)14-21(25)22-15(2)23-20-12-7-6-11-19(20)22/h6-13,16,23H,5,14H2,1-4H3. The molecule has 0 spiro atoms. The van der Waals surface area contributed by atoms with Crippen LogP contribution in [0, 0.1) is 6.92 Å². The lowest BCUT2D eigenvalue weighted by atomic mass is 10.0. The van der Waals surface area contributed by atoms with Crippen LogP contribution in [0.15, 0.2) is 48.5 Å². The third-order valence-electron chi connectivity index (χ3n) is 5.05. The molecule has 0 fully saturated rings. The second kappa shape index (κ2) is 7.75. The van der Waals surface area contributed by atoms with Crippen molar-refractivity contribution in [1.29, 1.82) is 0 Å². The van der Waals surface area contributed by atoms with Gasteiger partial charge in [-0.25, -0.2) is 0 Å². The van der Waals surface area contributed by atoms with Crippen molar-refractivity contribution in [2.45, 2.75) is 26.8 Å². The Morgan fingerprint density at radius 2 is 1.96 bits per heavy atom. The molecule has 3 rings (SSSR count). The number of rotatable bonds is 7. The van der Waals surface area contributed by atoms with Gasteiger partial charge in [0, 0.05) is 28.2 Å². The van der Waals surface area contributed by atoms with E-state index in [9.17, 15) is 4.79 Å². The van der Waals surface area contributed by atoms with E-state index in [0.717, 1.165) is 40.0 Å². The Morgan fingerprint density at radius 3 is 2.69 bits per heavy atom. The van der Waals surface area contributed by atoms with Crippen LogP contribution in [0.5, 0.6) is 5.75 Å². The fourth-order valence-electron chi connectivity index (χ4n) is 3.53. The first kappa shape index (κ1) is 18.2. The van der Waals surface area contributed by atoms with Crippen molar-refractivity contribution < 1.29 is 9.53 Å². The van der Waals surface area contributed by atoms with Crippen molar-refractivity contribution >= 4 is 16.7 Å². The summed E-state index contributed by atoms with van der Waals surface area (Å²) in [5.41, 5.74) is 3.89. The molecule has 0 bridgehead atoms. The molecule has 0 aliphatic heterocycles. The van der Waals surface area contributed by atoms with Gasteiger partial charge in [0.05, 0.1) is 13.7 Å². The summed E-state index contributed by atoms with van der Waals surface area (Å²) in [6, 6.07) is 16.1. The Hall–Kier alpha value is -2.59. The van der Waals surface area contributed by atoms with Crippen LogP contribution in [0.3, 0.4) is 0 Å². The number of likely N-dealkylation sites (N-methyl/N-ethyl adjacent to an activating group) is 1. The Balaban J connectivity index is 1.85. The zero-order valence-corrected chi connectivity index (χ0v) is 15.9. The van der Waals surface area contributed by atoms with Crippen LogP contribution in [0.4, 0.5) is 0 Å². The first-order chi connectivity index (χ1) is 12.5. The minimum atomic E-state index is 0.129. The minimum absolute atomic E-state index is 0.129. The third kappa shape index (κ3) is 3.51. The van der Waals surface area contributed by atoms with Crippen LogP contribution in [0.1, 0.15) is 41.5 Å². The molecule has 0 saturated heterocycles. The van der Waals surface area contributed by atoms with E-state index in [4.69, 9.17) is 4.74 Å². The largest absolute Gasteiger partial charge is 0.497 e. The maximum Gasteiger partial charge on any atom is 0.179 e. The van der Waals surface area contributed by atoms with Crippen LogP contribution in [-0.2, 0) is 0 Å². The molecule has 1 atom stereocenters. The van der Waals surface area contributed by atoms with E-state index in [1.165, 1.54) is 0 Å². The van der Waals surface area contributed by atoms with Gasteiger partial charge in [-0.1, -0.05) is 37.3 Å². The number of nitrogens with zero attached hydrogens (tertiary/aromatic N) is 1. The summed E-state index contributed by atoms with van der Waals surface area (Å²) in [5.74, 6) is 0.987. The molecule has 2 aromatic carbocycles. The number of aromatic amines is 1. The van der Waals surface area contributed by atoms with Gasteiger partial charge in [-0.2, -0.15) is 0 Å². The quantitative estimate of drug-likeness (QED) is 0.625. The summed E-state index contributed by atoms with van der Waals surface area (Å²) in [4.78, 5) is 18.6. The predicted molar refractivity (Wildman–Crippen MR) is 106 cm³/mol. The van der Waals surface area contributed by atoms with Gasteiger partial charge >= 0.3 is 0 Å². The molecule has 0 aliphatic carbocycles. The molecule has 1 aromatic heterocycles. The van der Waals surface area contributed by atoms with Gasteiger partial charge < -0.3 is 9.72 Å². The van der Waals surface area contributed by atoms with Crippen molar-refractivity contribution in [3.05, 3.63) is 65.4 Å². The number of para-hydroxylation sites is 1. The molecule has 26 heavy (non-hydrogen) atoms. The highest BCUT2D eigenvalue weighted by atomic mass is 16.5. The van der Waals surface area contributed by atoms with Crippen LogP contribution in [0.25, 0.3) is 10.9 Å². The monoisotopic (exact) mass is 350 g/mol. The summed E-state index contributed by atoms with van der Waals surface area (Å²) in [7, 11) is 1.67. The smallest absolute Gasteiger partial charge is 0.179 e. The van der Waals surface area contributed by atoms with E-state index in [2.05, 4.69) is 29.8 Å². The molecule has 0 aliphatic rings. The van der Waals surface area contributed by atoms with Gasteiger partial charge in [-0.05, 0) is 44.2 Å². The van der Waals surface area contributed by atoms with Crippen LogP contribution in [-0.4, -0.2) is 35.9 Å². The summed E-state index contributed by atoms with van der Waals surface area (Å²) in [6.45, 7) is 7.37. The zero-order valence-electron chi connectivity index (χ0n) is 15.9. The topological polar surface area (TPSA) is 45.3 Å². The number of H-pyrrole nitrogens is 1. The van der Waals surface area contributed by atoms with Gasteiger partial charge in [-0.15, -0.1) is 0 Å². The summed E-state index contributed by atoms with van der Waals surface area (Å²) in [5, 5.41) is 1.00. The molecule has 4 nitrogen and oxygen atoms in total. The van der Waals surface area contributed by atoms with Gasteiger partial charge in [0.2, 0.25) is 0 Å². The number of aryl methyl sites for hydroxylation is 1. The second-order valence-corrected chi connectivity index (χ2v) is 6.61. The number of benzene rings is 2. The predicted octanol–water partition coefficient (Wildman–Crippen LogP) is 4.75. The molecule has 136 valence electrons. The molecule has 0 radical (unpaired) electrons. The number of hydrogen-bond donors (Lipinski definition) is 1. The highest BCUT2D eigenvalue weighted by Crippen LogP contribution is 2.26. The van der Waals surface area contributed by atoms with Gasteiger partial charge in [0.25, 0.3) is 0 Å². The molecule has 3 aromatic rings. The number of carbonyl (C=O) groups is 1. The van der Waals surface area contributed by atoms with E-state index < -0.39 is 0 Å². The summed E-state index contributed by atoms with van der Waals surface area (Å²) < 4.78 is 5.33. The molecule has 0 saturated carbocycles. The van der Waals surface area contributed by atoms with E-state index in [1.54, 1.807) is 7.11 Å². The van der Waals surface area contributed by atoms with E-state index in [1.807, 2.05) is 49.4 Å². The van der Waals surface area contributed by atoms with Crippen molar-refractivity contribution in [2.75, 3.05) is 20.2 Å². The second-order valence-electron chi connectivity index (χ2n) is 6.61. The van der Waals surface area contributed by atoms with Gasteiger partial charge in [0.1, 0.15) is 5.75 Å². The first-order valence-corrected chi connectivity index (χ1v) is 9.03.